The van der Waals surface area contributed by atoms with Crippen molar-refractivity contribution in [3.63, 3.8) is 0 Å². The van der Waals surface area contributed by atoms with E-state index in [1.54, 1.807) is 0 Å². The van der Waals surface area contributed by atoms with Gasteiger partial charge in [0.1, 0.15) is 5.82 Å². The van der Waals surface area contributed by atoms with Crippen LogP contribution in [0.4, 0.5) is 5.82 Å². The molecule has 1 aromatic heterocycles. The van der Waals surface area contributed by atoms with Gasteiger partial charge in [-0.2, -0.15) is 0 Å². The fraction of sp³-hybridized carbons (Fsp3) is 0.643. The summed E-state index contributed by atoms with van der Waals surface area (Å²) in [5, 5.41) is 3.33. The maximum Gasteiger partial charge on any atom is 0.125 e. The van der Waals surface area contributed by atoms with Gasteiger partial charge in [0.25, 0.3) is 0 Å². The zero-order valence-corrected chi connectivity index (χ0v) is 11.8. The Kier molecular flexibility index (Phi) is 5.76. The smallest absolute Gasteiger partial charge is 0.125 e. The van der Waals surface area contributed by atoms with Crippen LogP contribution in [0.25, 0.3) is 0 Å². The molecular weight excluding hydrogens is 232 g/mol. The molecule has 0 aliphatic rings. The molecule has 0 amide bonds. The summed E-state index contributed by atoms with van der Waals surface area (Å²) in [7, 11) is 0. The number of aromatic nitrogens is 1. The summed E-state index contributed by atoms with van der Waals surface area (Å²) in [6, 6.07) is 4.20. The van der Waals surface area contributed by atoms with Crippen molar-refractivity contribution in [1.29, 1.82) is 0 Å². The lowest BCUT2D eigenvalue weighted by molar-refractivity contribution is 0.587. The molecule has 0 bridgehead atoms. The molecule has 0 unspecified atom stereocenters. The van der Waals surface area contributed by atoms with Crippen molar-refractivity contribution in [2.24, 2.45) is 0 Å². The molecule has 1 N–H and O–H groups in total. The Morgan fingerprint density at radius 1 is 1.18 bits per heavy atom. The minimum Gasteiger partial charge on any atom is -0.370 e. The Bertz CT molecular complexity index is 314. The van der Waals surface area contributed by atoms with Crippen LogP contribution < -0.4 is 5.32 Å². The van der Waals surface area contributed by atoms with Gasteiger partial charge in [-0.1, -0.05) is 33.3 Å². The molecule has 96 valence electrons. The second-order valence-corrected chi connectivity index (χ2v) is 5.74. The summed E-state index contributed by atoms with van der Waals surface area (Å²) in [6.45, 7) is 7.56. The highest BCUT2D eigenvalue weighted by molar-refractivity contribution is 6.17. The number of hydrogen-bond donors (Lipinski definition) is 1. The summed E-state index contributed by atoms with van der Waals surface area (Å²) in [4.78, 5) is 4.43. The number of anilines is 1. The van der Waals surface area contributed by atoms with E-state index in [-0.39, 0.29) is 5.41 Å². The zero-order valence-electron chi connectivity index (χ0n) is 11.1. The molecule has 0 fully saturated rings. The maximum atomic E-state index is 5.62. The van der Waals surface area contributed by atoms with Gasteiger partial charge >= 0.3 is 0 Å². The molecule has 3 heteroatoms. The molecule has 0 spiro atoms. The van der Waals surface area contributed by atoms with E-state index in [0.717, 1.165) is 31.1 Å². The molecule has 17 heavy (non-hydrogen) atoms. The van der Waals surface area contributed by atoms with E-state index in [1.165, 1.54) is 12.0 Å². The van der Waals surface area contributed by atoms with Gasteiger partial charge in [-0.05, 0) is 29.9 Å². The first-order valence-electron chi connectivity index (χ1n) is 6.30. The topological polar surface area (TPSA) is 24.9 Å². The van der Waals surface area contributed by atoms with Crippen LogP contribution in [-0.4, -0.2) is 17.4 Å². The van der Waals surface area contributed by atoms with Gasteiger partial charge in [-0.25, -0.2) is 4.98 Å². The van der Waals surface area contributed by atoms with E-state index in [4.69, 9.17) is 11.6 Å². The van der Waals surface area contributed by atoms with E-state index >= 15 is 0 Å². The molecule has 1 heterocycles. The first-order valence-corrected chi connectivity index (χ1v) is 6.84. The van der Waals surface area contributed by atoms with Crippen molar-refractivity contribution in [3.05, 3.63) is 23.9 Å². The number of rotatable bonds is 6. The van der Waals surface area contributed by atoms with E-state index < -0.39 is 0 Å². The quantitative estimate of drug-likeness (QED) is 0.608. The Morgan fingerprint density at radius 3 is 2.47 bits per heavy atom. The predicted molar refractivity (Wildman–Crippen MR) is 76.0 cm³/mol. The number of hydrogen-bond acceptors (Lipinski definition) is 2. The molecule has 0 aliphatic heterocycles. The van der Waals surface area contributed by atoms with E-state index in [9.17, 15) is 0 Å². The van der Waals surface area contributed by atoms with Gasteiger partial charge < -0.3 is 5.32 Å². The second kappa shape index (κ2) is 6.85. The third-order valence-corrected chi connectivity index (χ3v) is 3.01. The third-order valence-electron chi connectivity index (χ3n) is 2.75. The first-order chi connectivity index (χ1) is 8.04. The van der Waals surface area contributed by atoms with Crippen molar-refractivity contribution in [1.82, 2.24) is 4.98 Å². The number of nitrogens with one attached hydrogen (secondary N) is 1. The van der Waals surface area contributed by atoms with Gasteiger partial charge in [0.15, 0.2) is 0 Å². The number of pyridine rings is 1. The number of halogens is 1. The van der Waals surface area contributed by atoms with Crippen LogP contribution in [0.15, 0.2) is 18.3 Å². The average molecular weight is 255 g/mol. The fourth-order valence-electron chi connectivity index (χ4n) is 1.55. The van der Waals surface area contributed by atoms with Crippen LogP contribution >= 0.6 is 11.6 Å². The maximum absolute atomic E-state index is 5.62. The number of alkyl halides is 1. The van der Waals surface area contributed by atoms with Gasteiger partial charge in [-0.3, -0.25) is 0 Å². The number of unbranched alkanes of at least 4 members (excludes halogenated alkanes) is 2. The second-order valence-electron chi connectivity index (χ2n) is 5.36. The van der Waals surface area contributed by atoms with Crippen LogP contribution in [0.1, 0.15) is 45.6 Å². The highest BCUT2D eigenvalue weighted by atomic mass is 35.5. The van der Waals surface area contributed by atoms with Crippen molar-refractivity contribution < 1.29 is 0 Å². The highest BCUT2D eigenvalue weighted by Crippen LogP contribution is 2.21. The van der Waals surface area contributed by atoms with E-state index in [1.807, 2.05) is 6.20 Å². The first kappa shape index (κ1) is 14.3. The van der Waals surface area contributed by atoms with E-state index in [2.05, 4.69) is 43.2 Å². The van der Waals surface area contributed by atoms with Gasteiger partial charge in [-0.15, -0.1) is 11.6 Å². The fourth-order valence-corrected chi connectivity index (χ4v) is 1.74. The van der Waals surface area contributed by atoms with Crippen molar-refractivity contribution >= 4 is 17.4 Å². The molecule has 0 aromatic carbocycles. The Labute approximate surface area is 110 Å². The summed E-state index contributed by atoms with van der Waals surface area (Å²) in [5.41, 5.74) is 1.44. The molecule has 0 atom stereocenters. The third kappa shape index (κ3) is 5.40. The Hall–Kier alpha value is -0.760. The van der Waals surface area contributed by atoms with E-state index in [0.29, 0.717) is 0 Å². The Balaban J connectivity index is 2.36. The van der Waals surface area contributed by atoms with Gasteiger partial charge in [0.05, 0.1) is 0 Å². The molecule has 1 aromatic rings. The van der Waals surface area contributed by atoms with Gasteiger partial charge in [0, 0.05) is 18.6 Å². The summed E-state index contributed by atoms with van der Waals surface area (Å²) in [6.07, 6.45) is 5.38. The van der Waals surface area contributed by atoms with Crippen LogP contribution in [0, 0.1) is 0 Å². The van der Waals surface area contributed by atoms with Crippen molar-refractivity contribution in [3.8, 4) is 0 Å². The zero-order chi connectivity index (χ0) is 12.7. The van der Waals surface area contributed by atoms with Crippen LogP contribution in [-0.2, 0) is 5.41 Å². The minimum absolute atomic E-state index is 0.172. The van der Waals surface area contributed by atoms with Crippen LogP contribution in [0.2, 0.25) is 0 Å². The lowest BCUT2D eigenvalue weighted by atomic mass is 9.88. The largest absolute Gasteiger partial charge is 0.370 e. The molecule has 0 radical (unpaired) electrons. The van der Waals surface area contributed by atoms with Crippen LogP contribution in [0.5, 0.6) is 0 Å². The SMILES string of the molecule is CC(C)(C)c1ccc(NCCCCCCl)nc1. The molecule has 1 rings (SSSR count). The normalized spacial score (nSPS) is 11.5. The van der Waals surface area contributed by atoms with Crippen LogP contribution in [0.3, 0.4) is 0 Å². The number of nitrogens with zero attached hydrogens (tertiary/aromatic N) is 1. The molecule has 0 saturated heterocycles. The molecular formula is C14H23ClN2. The lowest BCUT2D eigenvalue weighted by Gasteiger charge is -2.18. The summed E-state index contributed by atoms with van der Waals surface area (Å²) < 4.78 is 0. The molecule has 2 nitrogen and oxygen atoms in total. The predicted octanol–water partition coefficient (Wildman–Crippen LogP) is 4.20. The monoisotopic (exact) mass is 254 g/mol. The lowest BCUT2D eigenvalue weighted by Crippen LogP contribution is -2.12. The minimum atomic E-state index is 0.172. The van der Waals surface area contributed by atoms with Crippen molar-refractivity contribution in [2.45, 2.75) is 45.4 Å². The standard InChI is InChI=1S/C14H23ClN2/c1-14(2,3)12-7-8-13(17-11-12)16-10-6-4-5-9-15/h7-8,11H,4-6,9-10H2,1-3H3,(H,16,17). The Morgan fingerprint density at radius 2 is 1.94 bits per heavy atom. The van der Waals surface area contributed by atoms with Crippen molar-refractivity contribution in [2.75, 3.05) is 17.7 Å². The van der Waals surface area contributed by atoms with Gasteiger partial charge in [0.2, 0.25) is 0 Å². The molecule has 0 aliphatic carbocycles. The average Bonchev–Trinajstić information content (AvgIpc) is 2.28. The molecule has 0 saturated carbocycles. The highest BCUT2D eigenvalue weighted by Gasteiger charge is 2.13. The summed E-state index contributed by atoms with van der Waals surface area (Å²) in [5.74, 6) is 1.72. The summed E-state index contributed by atoms with van der Waals surface area (Å²) >= 11 is 5.62.